The van der Waals surface area contributed by atoms with Gasteiger partial charge in [-0.1, -0.05) is 44.2 Å². The van der Waals surface area contributed by atoms with Gasteiger partial charge in [-0.25, -0.2) is 0 Å². The maximum atomic E-state index is 13.6. The zero-order chi connectivity index (χ0) is 18.6. The van der Waals surface area contributed by atoms with Crippen molar-refractivity contribution in [3.05, 3.63) is 29.3 Å². The predicted molar refractivity (Wildman–Crippen MR) is 107 cm³/mol. The van der Waals surface area contributed by atoms with Crippen LogP contribution in [0.3, 0.4) is 0 Å². The fourth-order valence-electron chi connectivity index (χ4n) is 4.56. The van der Waals surface area contributed by atoms with E-state index in [4.69, 9.17) is 16.3 Å². The molecule has 1 saturated heterocycles. The number of likely N-dealkylation sites (tertiary alicyclic amines) is 1. The molecule has 1 saturated carbocycles. The molecule has 144 valence electrons. The molecule has 0 N–H and O–H groups in total. The highest BCUT2D eigenvalue weighted by Gasteiger charge is 2.46. The van der Waals surface area contributed by atoms with Crippen LogP contribution in [0.15, 0.2) is 24.3 Å². The molecule has 1 aromatic rings. The molecule has 1 amide bonds. The van der Waals surface area contributed by atoms with Gasteiger partial charge in [0.05, 0.1) is 0 Å². The maximum Gasteiger partial charge on any atom is 0.266 e. The van der Waals surface area contributed by atoms with Crippen molar-refractivity contribution in [2.24, 2.45) is 11.8 Å². The van der Waals surface area contributed by atoms with Gasteiger partial charge in [0.2, 0.25) is 0 Å². The van der Waals surface area contributed by atoms with Crippen molar-refractivity contribution < 1.29 is 9.53 Å². The number of ether oxygens (including phenoxy) is 1. The van der Waals surface area contributed by atoms with E-state index < -0.39 is 5.60 Å². The molecular formula is C22H32ClNO2. The minimum Gasteiger partial charge on any atom is -0.477 e. The quantitative estimate of drug-likeness (QED) is 0.658. The van der Waals surface area contributed by atoms with Crippen LogP contribution in [0.25, 0.3) is 0 Å². The van der Waals surface area contributed by atoms with Crippen LogP contribution >= 0.6 is 11.6 Å². The third-order valence-corrected chi connectivity index (χ3v) is 6.68. The minimum atomic E-state index is -0.784. The van der Waals surface area contributed by atoms with Crippen molar-refractivity contribution >= 4 is 17.5 Å². The molecule has 0 aromatic heterocycles. The summed E-state index contributed by atoms with van der Waals surface area (Å²) in [6.45, 7) is 6.00. The summed E-state index contributed by atoms with van der Waals surface area (Å²) in [6.07, 6.45) is 9.23. The summed E-state index contributed by atoms with van der Waals surface area (Å²) in [4.78, 5) is 15.6. The third kappa shape index (κ3) is 4.36. The second-order valence-electron chi connectivity index (χ2n) is 8.14. The average molecular weight is 378 g/mol. The SMILES string of the molecule is CCC1CCN(C(=O)C(C)(Oc2ccc(Cl)cc2)C2CCCCC2)CC1. The normalized spacial score (nSPS) is 22.0. The Balaban J connectivity index is 1.79. The second kappa shape index (κ2) is 8.65. The van der Waals surface area contributed by atoms with Gasteiger partial charge in [0.15, 0.2) is 5.60 Å². The molecule has 1 aliphatic heterocycles. The lowest BCUT2D eigenvalue weighted by Crippen LogP contribution is -2.57. The van der Waals surface area contributed by atoms with Crippen molar-refractivity contribution in [2.75, 3.05) is 13.1 Å². The summed E-state index contributed by atoms with van der Waals surface area (Å²) < 4.78 is 6.41. The molecule has 3 rings (SSSR count). The number of hydrogen-bond acceptors (Lipinski definition) is 2. The Hall–Kier alpha value is -1.22. The molecular weight excluding hydrogens is 346 g/mol. The van der Waals surface area contributed by atoms with Crippen LogP contribution in [0.2, 0.25) is 5.02 Å². The molecule has 3 nitrogen and oxygen atoms in total. The van der Waals surface area contributed by atoms with E-state index in [1.807, 2.05) is 31.2 Å². The van der Waals surface area contributed by atoms with Crippen LogP contribution in [0.1, 0.15) is 65.2 Å². The summed E-state index contributed by atoms with van der Waals surface area (Å²) >= 11 is 6.01. The van der Waals surface area contributed by atoms with Gasteiger partial charge >= 0.3 is 0 Å². The Kier molecular flexibility index (Phi) is 6.50. The van der Waals surface area contributed by atoms with Crippen LogP contribution in [0, 0.1) is 11.8 Å². The van der Waals surface area contributed by atoms with Gasteiger partial charge < -0.3 is 9.64 Å². The van der Waals surface area contributed by atoms with Crippen LogP contribution in [0.5, 0.6) is 5.75 Å². The first-order valence-corrected chi connectivity index (χ1v) is 10.6. The summed E-state index contributed by atoms with van der Waals surface area (Å²) in [7, 11) is 0. The third-order valence-electron chi connectivity index (χ3n) is 6.43. The molecule has 26 heavy (non-hydrogen) atoms. The zero-order valence-corrected chi connectivity index (χ0v) is 16.9. The number of carbonyl (C=O) groups excluding carboxylic acids is 1. The first-order chi connectivity index (χ1) is 12.5. The maximum absolute atomic E-state index is 13.6. The molecule has 1 unspecified atom stereocenters. The van der Waals surface area contributed by atoms with E-state index >= 15 is 0 Å². The Morgan fingerprint density at radius 3 is 2.31 bits per heavy atom. The van der Waals surface area contributed by atoms with Crippen LogP contribution in [-0.4, -0.2) is 29.5 Å². The number of piperidine rings is 1. The highest BCUT2D eigenvalue weighted by Crippen LogP contribution is 2.38. The van der Waals surface area contributed by atoms with Gasteiger partial charge in [-0.3, -0.25) is 4.79 Å². The van der Waals surface area contributed by atoms with Gasteiger partial charge in [0.25, 0.3) is 5.91 Å². The Morgan fingerprint density at radius 1 is 1.12 bits per heavy atom. The molecule has 2 aliphatic rings. The van der Waals surface area contributed by atoms with Crippen LogP contribution in [-0.2, 0) is 4.79 Å². The van der Waals surface area contributed by atoms with Crippen molar-refractivity contribution in [1.82, 2.24) is 4.90 Å². The molecule has 1 atom stereocenters. The summed E-state index contributed by atoms with van der Waals surface area (Å²) in [5.41, 5.74) is -0.784. The van der Waals surface area contributed by atoms with E-state index in [0.29, 0.717) is 5.02 Å². The fourth-order valence-corrected chi connectivity index (χ4v) is 4.69. The highest BCUT2D eigenvalue weighted by atomic mass is 35.5. The number of carbonyl (C=O) groups is 1. The Bertz CT molecular complexity index is 589. The van der Waals surface area contributed by atoms with Gasteiger partial charge in [0, 0.05) is 24.0 Å². The molecule has 1 aliphatic carbocycles. The summed E-state index contributed by atoms with van der Waals surface area (Å²) in [5.74, 6) is 1.95. The fraction of sp³-hybridized carbons (Fsp3) is 0.682. The molecule has 0 bridgehead atoms. The van der Waals surface area contributed by atoms with Gasteiger partial charge in [-0.2, -0.15) is 0 Å². The molecule has 0 spiro atoms. The Morgan fingerprint density at radius 2 is 1.73 bits per heavy atom. The lowest BCUT2D eigenvalue weighted by molar-refractivity contribution is -0.154. The smallest absolute Gasteiger partial charge is 0.266 e. The van der Waals surface area contributed by atoms with Crippen molar-refractivity contribution in [3.63, 3.8) is 0 Å². The number of rotatable bonds is 5. The average Bonchev–Trinajstić information content (AvgIpc) is 2.70. The number of benzene rings is 1. The minimum absolute atomic E-state index is 0.175. The van der Waals surface area contributed by atoms with Crippen molar-refractivity contribution in [1.29, 1.82) is 0 Å². The van der Waals surface area contributed by atoms with Crippen molar-refractivity contribution in [2.45, 2.75) is 70.8 Å². The van der Waals surface area contributed by atoms with E-state index in [1.54, 1.807) is 0 Å². The van der Waals surface area contributed by atoms with Crippen LogP contribution < -0.4 is 4.74 Å². The molecule has 1 aromatic carbocycles. The number of nitrogens with zero attached hydrogens (tertiary/aromatic N) is 1. The predicted octanol–water partition coefficient (Wildman–Crippen LogP) is 5.71. The number of hydrogen-bond donors (Lipinski definition) is 0. The highest BCUT2D eigenvalue weighted by molar-refractivity contribution is 6.30. The first kappa shape index (κ1) is 19.5. The second-order valence-corrected chi connectivity index (χ2v) is 8.58. The molecule has 0 radical (unpaired) electrons. The number of halogens is 1. The summed E-state index contributed by atoms with van der Waals surface area (Å²) in [6, 6.07) is 7.41. The van der Waals surface area contributed by atoms with E-state index in [9.17, 15) is 4.79 Å². The lowest BCUT2D eigenvalue weighted by Gasteiger charge is -2.43. The monoisotopic (exact) mass is 377 g/mol. The topological polar surface area (TPSA) is 29.5 Å². The largest absolute Gasteiger partial charge is 0.477 e. The number of amides is 1. The van der Waals surface area contributed by atoms with E-state index in [-0.39, 0.29) is 11.8 Å². The zero-order valence-electron chi connectivity index (χ0n) is 16.2. The lowest BCUT2D eigenvalue weighted by atomic mass is 9.76. The van der Waals surface area contributed by atoms with E-state index in [1.165, 1.54) is 25.7 Å². The van der Waals surface area contributed by atoms with Gasteiger partial charge in [-0.05, 0) is 62.8 Å². The summed E-state index contributed by atoms with van der Waals surface area (Å²) in [5, 5.41) is 0.685. The van der Waals surface area contributed by atoms with E-state index in [2.05, 4.69) is 11.8 Å². The van der Waals surface area contributed by atoms with Crippen LogP contribution in [0.4, 0.5) is 0 Å². The van der Waals surface area contributed by atoms with Gasteiger partial charge in [0.1, 0.15) is 5.75 Å². The van der Waals surface area contributed by atoms with Gasteiger partial charge in [-0.15, -0.1) is 0 Å². The Labute approximate surface area is 163 Å². The molecule has 4 heteroatoms. The first-order valence-electron chi connectivity index (χ1n) is 10.3. The standard InChI is InChI=1S/C22H32ClNO2/c1-3-17-13-15-24(16-14-17)21(25)22(2,18-7-5-4-6-8-18)26-20-11-9-19(23)10-12-20/h9-12,17-18H,3-8,13-16H2,1-2H3. The molecule has 1 heterocycles. The van der Waals surface area contributed by atoms with E-state index in [0.717, 1.165) is 50.4 Å². The van der Waals surface area contributed by atoms with Crippen molar-refractivity contribution in [3.8, 4) is 5.75 Å². The molecule has 2 fully saturated rings.